The Labute approximate surface area is 98.7 Å². The van der Waals surface area contributed by atoms with Crippen LogP contribution in [0.4, 0.5) is 0 Å². The highest BCUT2D eigenvalue weighted by atomic mass is 35.5. The van der Waals surface area contributed by atoms with Gasteiger partial charge in [-0.25, -0.2) is 0 Å². The number of hydrogen-bond donors (Lipinski definition) is 1. The van der Waals surface area contributed by atoms with Crippen LogP contribution in [0.15, 0.2) is 12.2 Å². The molecule has 1 aliphatic rings. The summed E-state index contributed by atoms with van der Waals surface area (Å²) in [5.41, 5.74) is 0. The van der Waals surface area contributed by atoms with Gasteiger partial charge in [0.1, 0.15) is 0 Å². The molecule has 2 nitrogen and oxygen atoms in total. The fourth-order valence-corrected chi connectivity index (χ4v) is 2.16. The van der Waals surface area contributed by atoms with Gasteiger partial charge in [-0.2, -0.15) is 0 Å². The van der Waals surface area contributed by atoms with Gasteiger partial charge in [0.2, 0.25) is 0 Å². The summed E-state index contributed by atoms with van der Waals surface area (Å²) >= 11 is 5.54. The van der Waals surface area contributed by atoms with E-state index in [1.165, 1.54) is 32.5 Å². The minimum absolute atomic E-state index is 0.616. The van der Waals surface area contributed by atoms with Crippen LogP contribution >= 0.6 is 11.6 Å². The first kappa shape index (κ1) is 13.0. The molecule has 1 atom stereocenters. The van der Waals surface area contributed by atoms with E-state index >= 15 is 0 Å². The Balaban J connectivity index is 1.97. The Hall–Kier alpha value is -0.0500. The van der Waals surface area contributed by atoms with Crippen LogP contribution in [0.1, 0.15) is 19.8 Å². The Kier molecular flexibility index (Phi) is 7.07. The third-order valence-corrected chi connectivity index (χ3v) is 2.96. The Morgan fingerprint density at radius 3 is 2.73 bits per heavy atom. The predicted molar refractivity (Wildman–Crippen MR) is 67.6 cm³/mol. The average Bonchev–Trinajstić information content (AvgIpc) is 2.70. The molecule has 0 bridgehead atoms. The fraction of sp³-hybridized carbons (Fsp3) is 0.833. The topological polar surface area (TPSA) is 15.3 Å². The third kappa shape index (κ3) is 6.18. The van der Waals surface area contributed by atoms with Crippen LogP contribution in [-0.4, -0.2) is 43.5 Å². The molecule has 0 aromatic heterocycles. The molecule has 0 aliphatic carbocycles. The minimum Gasteiger partial charge on any atom is -0.313 e. The van der Waals surface area contributed by atoms with Gasteiger partial charge in [0.15, 0.2) is 0 Å². The Morgan fingerprint density at radius 1 is 1.33 bits per heavy atom. The van der Waals surface area contributed by atoms with Crippen molar-refractivity contribution in [2.45, 2.75) is 19.8 Å². The van der Waals surface area contributed by atoms with Gasteiger partial charge in [-0.1, -0.05) is 19.1 Å². The standard InChI is InChI=1S/C12H23ClN2/c1-12(10-14-7-3-2-6-13)11-15-8-4-5-9-15/h2-3,12,14H,4-11H2,1H3/b3-2+. The second-order valence-corrected chi connectivity index (χ2v) is 4.71. The summed E-state index contributed by atoms with van der Waals surface area (Å²) in [5.74, 6) is 1.36. The first-order valence-electron chi connectivity index (χ1n) is 5.97. The molecular formula is C12H23ClN2. The lowest BCUT2D eigenvalue weighted by molar-refractivity contribution is 0.284. The highest BCUT2D eigenvalue weighted by molar-refractivity contribution is 6.18. The Morgan fingerprint density at radius 2 is 2.07 bits per heavy atom. The SMILES string of the molecule is CC(CNC/C=C/CCl)CN1CCCC1. The molecule has 0 saturated carbocycles. The molecular weight excluding hydrogens is 208 g/mol. The monoisotopic (exact) mass is 230 g/mol. The van der Waals surface area contributed by atoms with Crippen molar-refractivity contribution in [1.82, 2.24) is 10.2 Å². The van der Waals surface area contributed by atoms with Gasteiger partial charge in [-0.3, -0.25) is 0 Å². The molecule has 0 amide bonds. The fourth-order valence-electron chi connectivity index (χ4n) is 2.03. The van der Waals surface area contributed by atoms with E-state index in [1.807, 2.05) is 6.08 Å². The number of alkyl halides is 1. The zero-order chi connectivity index (χ0) is 10.9. The number of likely N-dealkylation sites (tertiary alicyclic amines) is 1. The van der Waals surface area contributed by atoms with E-state index in [0.717, 1.165) is 19.0 Å². The molecule has 1 N–H and O–H groups in total. The van der Waals surface area contributed by atoms with Crippen molar-refractivity contribution in [3.8, 4) is 0 Å². The molecule has 1 heterocycles. The molecule has 88 valence electrons. The maximum absolute atomic E-state index is 5.54. The van der Waals surface area contributed by atoms with Crippen LogP contribution < -0.4 is 5.32 Å². The molecule has 0 radical (unpaired) electrons. The van der Waals surface area contributed by atoms with Crippen LogP contribution in [-0.2, 0) is 0 Å². The molecule has 1 aliphatic heterocycles. The van der Waals surface area contributed by atoms with E-state index in [2.05, 4.69) is 23.2 Å². The summed E-state index contributed by atoms with van der Waals surface area (Å²) in [5, 5.41) is 3.42. The number of hydrogen-bond acceptors (Lipinski definition) is 2. The van der Waals surface area contributed by atoms with Crippen LogP contribution in [0.25, 0.3) is 0 Å². The summed E-state index contributed by atoms with van der Waals surface area (Å²) in [4.78, 5) is 2.57. The molecule has 1 fully saturated rings. The number of allylic oxidation sites excluding steroid dienone is 1. The van der Waals surface area contributed by atoms with Gasteiger partial charge in [0.05, 0.1) is 0 Å². The van der Waals surface area contributed by atoms with Crippen LogP contribution in [0, 0.1) is 5.92 Å². The van der Waals surface area contributed by atoms with Crippen LogP contribution in [0.2, 0.25) is 0 Å². The largest absolute Gasteiger partial charge is 0.313 e. The highest BCUT2D eigenvalue weighted by Gasteiger charge is 2.13. The van der Waals surface area contributed by atoms with Gasteiger partial charge in [0, 0.05) is 19.0 Å². The van der Waals surface area contributed by atoms with E-state index in [0.29, 0.717) is 5.88 Å². The van der Waals surface area contributed by atoms with E-state index in [9.17, 15) is 0 Å². The number of rotatable bonds is 7. The first-order valence-corrected chi connectivity index (χ1v) is 6.50. The van der Waals surface area contributed by atoms with Crippen molar-refractivity contribution in [2.75, 3.05) is 38.6 Å². The molecule has 1 unspecified atom stereocenters. The van der Waals surface area contributed by atoms with Gasteiger partial charge in [-0.15, -0.1) is 11.6 Å². The lowest BCUT2D eigenvalue weighted by atomic mass is 10.1. The smallest absolute Gasteiger partial charge is 0.0404 e. The van der Waals surface area contributed by atoms with Crippen molar-refractivity contribution in [2.24, 2.45) is 5.92 Å². The van der Waals surface area contributed by atoms with Gasteiger partial charge in [0.25, 0.3) is 0 Å². The predicted octanol–water partition coefficient (Wildman–Crippen LogP) is 2.10. The molecule has 15 heavy (non-hydrogen) atoms. The van der Waals surface area contributed by atoms with E-state index in [1.54, 1.807) is 0 Å². The van der Waals surface area contributed by atoms with Gasteiger partial charge >= 0.3 is 0 Å². The number of nitrogens with one attached hydrogen (secondary N) is 1. The molecule has 3 heteroatoms. The van der Waals surface area contributed by atoms with Crippen molar-refractivity contribution < 1.29 is 0 Å². The molecule has 0 aromatic rings. The quantitative estimate of drug-likeness (QED) is 0.410. The maximum Gasteiger partial charge on any atom is 0.0404 e. The van der Waals surface area contributed by atoms with Crippen molar-refractivity contribution in [3.63, 3.8) is 0 Å². The van der Waals surface area contributed by atoms with Crippen molar-refractivity contribution in [1.29, 1.82) is 0 Å². The second kappa shape index (κ2) is 8.14. The zero-order valence-electron chi connectivity index (χ0n) is 9.71. The average molecular weight is 231 g/mol. The summed E-state index contributed by atoms with van der Waals surface area (Å²) in [7, 11) is 0. The first-order chi connectivity index (χ1) is 7.33. The second-order valence-electron chi connectivity index (χ2n) is 4.40. The molecule has 1 rings (SSSR count). The normalized spacial score (nSPS) is 20.1. The highest BCUT2D eigenvalue weighted by Crippen LogP contribution is 2.09. The van der Waals surface area contributed by atoms with E-state index < -0.39 is 0 Å². The molecule has 0 spiro atoms. The summed E-state index contributed by atoms with van der Waals surface area (Å²) in [6, 6.07) is 0. The summed E-state index contributed by atoms with van der Waals surface area (Å²) in [6.45, 7) is 8.20. The van der Waals surface area contributed by atoms with Crippen molar-refractivity contribution in [3.05, 3.63) is 12.2 Å². The summed E-state index contributed by atoms with van der Waals surface area (Å²) < 4.78 is 0. The van der Waals surface area contributed by atoms with E-state index in [-0.39, 0.29) is 0 Å². The van der Waals surface area contributed by atoms with Crippen molar-refractivity contribution >= 4 is 11.6 Å². The third-order valence-electron chi connectivity index (χ3n) is 2.78. The lowest BCUT2D eigenvalue weighted by Crippen LogP contribution is -2.31. The van der Waals surface area contributed by atoms with Gasteiger partial charge in [-0.05, 0) is 38.4 Å². The maximum atomic E-state index is 5.54. The van der Waals surface area contributed by atoms with Crippen LogP contribution in [0.3, 0.4) is 0 Å². The summed E-state index contributed by atoms with van der Waals surface area (Å²) in [6.07, 6.45) is 6.85. The van der Waals surface area contributed by atoms with Gasteiger partial charge < -0.3 is 10.2 Å². The Bertz CT molecular complexity index is 176. The number of nitrogens with zero attached hydrogens (tertiary/aromatic N) is 1. The van der Waals surface area contributed by atoms with E-state index in [4.69, 9.17) is 11.6 Å². The zero-order valence-corrected chi connectivity index (χ0v) is 10.5. The molecule has 1 saturated heterocycles. The number of halogens is 1. The van der Waals surface area contributed by atoms with Crippen LogP contribution in [0.5, 0.6) is 0 Å². The molecule has 0 aromatic carbocycles. The lowest BCUT2D eigenvalue weighted by Gasteiger charge is -2.20. The minimum atomic E-state index is 0.616.